The molecule has 0 fully saturated rings. The highest BCUT2D eigenvalue weighted by atomic mass is 35.5. The number of anilines is 1. The van der Waals surface area contributed by atoms with E-state index in [4.69, 9.17) is 27.9 Å². The number of phenolic OH excluding ortho intramolecular Hbond substituents is 1. The number of nitrogens with zero attached hydrogens (tertiary/aromatic N) is 2. The summed E-state index contributed by atoms with van der Waals surface area (Å²) in [4.78, 5) is 13.0. The molecule has 0 aliphatic rings. The third kappa shape index (κ3) is 5.84. The van der Waals surface area contributed by atoms with Crippen LogP contribution in [0.25, 0.3) is 10.8 Å². The lowest BCUT2D eigenvalue weighted by Crippen LogP contribution is -2.14. The number of benzene rings is 4. The number of para-hydroxylation sites is 1. The number of carbonyl (C=O) groups is 1. The molecular weight excluding hydrogens is 565 g/mol. The first-order chi connectivity index (χ1) is 18.6. The first kappa shape index (κ1) is 28.3. The molecule has 0 bridgehead atoms. The van der Waals surface area contributed by atoms with Crippen molar-refractivity contribution in [2.75, 3.05) is 11.9 Å². The first-order valence-corrected chi connectivity index (χ1v) is 13.9. The fourth-order valence-corrected chi connectivity index (χ4v) is 5.28. The van der Waals surface area contributed by atoms with Crippen LogP contribution in [0, 0.1) is 0 Å². The molecule has 0 radical (unpaired) electrons. The van der Waals surface area contributed by atoms with E-state index in [-0.39, 0.29) is 49.6 Å². The third-order valence-corrected chi connectivity index (χ3v) is 7.38. The highest BCUT2D eigenvalue weighted by molar-refractivity contribution is 7.85. The van der Waals surface area contributed by atoms with Gasteiger partial charge in [0.05, 0.1) is 27.1 Å². The summed E-state index contributed by atoms with van der Waals surface area (Å²) in [6.45, 7) is 3.80. The number of carbonyl (C=O) groups excluding carboxylic acids is 1. The molecule has 0 saturated carbocycles. The van der Waals surface area contributed by atoms with Crippen molar-refractivity contribution in [3.8, 4) is 11.5 Å². The van der Waals surface area contributed by atoms with Gasteiger partial charge in [-0.15, -0.1) is 10.2 Å². The van der Waals surface area contributed by atoms with Gasteiger partial charge in [0.2, 0.25) is 0 Å². The monoisotopic (exact) mass is 587 g/mol. The topological polar surface area (TPSA) is 138 Å². The Bertz CT molecular complexity index is 1720. The Kier molecular flexibility index (Phi) is 8.41. The molecular formula is C27H23Cl2N3O6S. The Hall–Kier alpha value is -3.70. The lowest BCUT2D eigenvalue weighted by Gasteiger charge is -2.15. The molecule has 0 unspecified atom stereocenters. The van der Waals surface area contributed by atoms with Crippen LogP contribution in [0.3, 0.4) is 0 Å². The molecule has 12 heteroatoms. The van der Waals surface area contributed by atoms with Gasteiger partial charge < -0.3 is 15.2 Å². The molecule has 0 aromatic heterocycles. The van der Waals surface area contributed by atoms with Gasteiger partial charge in [-0.1, -0.05) is 60.5 Å². The van der Waals surface area contributed by atoms with Crippen LogP contribution in [0.15, 0.2) is 75.8 Å². The predicted molar refractivity (Wildman–Crippen MR) is 151 cm³/mol. The Balaban J connectivity index is 1.85. The van der Waals surface area contributed by atoms with Crippen molar-refractivity contribution in [2.24, 2.45) is 10.2 Å². The number of phenols is 1. The van der Waals surface area contributed by atoms with Crippen molar-refractivity contribution in [2.45, 2.75) is 25.2 Å². The van der Waals surface area contributed by atoms with E-state index in [2.05, 4.69) is 15.5 Å². The van der Waals surface area contributed by atoms with Crippen molar-refractivity contribution < 1.29 is 27.6 Å². The second-order valence-corrected chi connectivity index (χ2v) is 10.4. The van der Waals surface area contributed by atoms with Gasteiger partial charge in [0.25, 0.3) is 16.0 Å². The average molecular weight is 588 g/mol. The van der Waals surface area contributed by atoms with Gasteiger partial charge in [0.15, 0.2) is 5.75 Å². The summed E-state index contributed by atoms with van der Waals surface area (Å²) < 4.78 is 38.9. The summed E-state index contributed by atoms with van der Waals surface area (Å²) in [5, 5.41) is 23.6. The Morgan fingerprint density at radius 3 is 2.38 bits per heavy atom. The maximum atomic E-state index is 13.4. The van der Waals surface area contributed by atoms with Crippen LogP contribution < -0.4 is 10.1 Å². The highest BCUT2D eigenvalue weighted by Gasteiger charge is 2.22. The molecule has 0 aliphatic heterocycles. The van der Waals surface area contributed by atoms with Crippen molar-refractivity contribution in [1.29, 1.82) is 0 Å². The normalized spacial score (nSPS) is 11.7. The van der Waals surface area contributed by atoms with Crippen molar-refractivity contribution >= 4 is 67.1 Å². The minimum Gasteiger partial charge on any atom is -0.505 e. The summed E-state index contributed by atoms with van der Waals surface area (Å²) in [7, 11) is -4.55. The average Bonchev–Trinajstić information content (AvgIpc) is 2.89. The minimum atomic E-state index is -4.55. The summed E-state index contributed by atoms with van der Waals surface area (Å²) in [5.74, 6) is -0.788. The van der Waals surface area contributed by atoms with Crippen molar-refractivity contribution in [3.63, 3.8) is 0 Å². The number of rotatable bonds is 8. The molecule has 4 aromatic carbocycles. The van der Waals surface area contributed by atoms with Crippen LogP contribution in [-0.4, -0.2) is 30.6 Å². The van der Waals surface area contributed by atoms with E-state index in [0.717, 1.165) is 0 Å². The van der Waals surface area contributed by atoms with E-state index in [1.54, 1.807) is 56.3 Å². The van der Waals surface area contributed by atoms with E-state index in [9.17, 15) is 22.9 Å². The second-order valence-electron chi connectivity index (χ2n) is 8.24. The number of hydrogen-bond donors (Lipinski definition) is 3. The SMILES string of the molecule is CCOc1cccc(Cl)c1NC(=O)c1cc2ccccc2c(N=Nc2c(Cl)ccc(S(=O)(=O)O)c2CC)c1O. The third-order valence-electron chi connectivity index (χ3n) is 5.83. The lowest BCUT2D eigenvalue weighted by molar-refractivity contribution is 0.102. The van der Waals surface area contributed by atoms with E-state index >= 15 is 0 Å². The van der Waals surface area contributed by atoms with Crippen LogP contribution >= 0.6 is 23.2 Å². The predicted octanol–water partition coefficient (Wildman–Crippen LogP) is 7.73. The quantitative estimate of drug-likeness (QED) is 0.142. The number of ether oxygens (including phenoxy) is 1. The van der Waals surface area contributed by atoms with E-state index in [0.29, 0.717) is 23.1 Å². The van der Waals surface area contributed by atoms with Gasteiger partial charge in [0, 0.05) is 10.9 Å². The van der Waals surface area contributed by atoms with Gasteiger partial charge in [-0.25, -0.2) is 0 Å². The fourth-order valence-electron chi connectivity index (χ4n) is 4.05. The zero-order valence-electron chi connectivity index (χ0n) is 20.8. The van der Waals surface area contributed by atoms with Crippen LogP contribution in [0.1, 0.15) is 29.8 Å². The highest BCUT2D eigenvalue weighted by Crippen LogP contribution is 2.42. The van der Waals surface area contributed by atoms with Crippen LogP contribution in [0.2, 0.25) is 10.0 Å². The fraction of sp³-hybridized carbons (Fsp3) is 0.148. The minimum absolute atomic E-state index is 0.00468. The van der Waals surface area contributed by atoms with Crippen LogP contribution in [-0.2, 0) is 16.5 Å². The summed E-state index contributed by atoms with van der Waals surface area (Å²) in [5.41, 5.74) is 0.234. The van der Waals surface area contributed by atoms with Gasteiger partial charge in [0.1, 0.15) is 22.8 Å². The van der Waals surface area contributed by atoms with Gasteiger partial charge >= 0.3 is 0 Å². The van der Waals surface area contributed by atoms with Crippen LogP contribution in [0.5, 0.6) is 11.5 Å². The van der Waals surface area contributed by atoms with Gasteiger partial charge in [-0.2, -0.15) is 8.42 Å². The van der Waals surface area contributed by atoms with Crippen molar-refractivity contribution in [1.82, 2.24) is 0 Å². The number of halogens is 2. The van der Waals surface area contributed by atoms with Gasteiger partial charge in [-0.3, -0.25) is 9.35 Å². The molecule has 39 heavy (non-hydrogen) atoms. The lowest BCUT2D eigenvalue weighted by atomic mass is 10.0. The smallest absolute Gasteiger partial charge is 0.294 e. The Morgan fingerprint density at radius 2 is 1.69 bits per heavy atom. The summed E-state index contributed by atoms with van der Waals surface area (Å²) >= 11 is 12.6. The molecule has 4 aromatic rings. The molecule has 9 nitrogen and oxygen atoms in total. The largest absolute Gasteiger partial charge is 0.505 e. The zero-order chi connectivity index (χ0) is 28.3. The molecule has 202 valence electrons. The zero-order valence-corrected chi connectivity index (χ0v) is 23.1. The molecule has 0 saturated heterocycles. The molecule has 0 spiro atoms. The number of amides is 1. The molecule has 4 rings (SSSR count). The molecule has 0 aliphatic carbocycles. The number of aromatic hydroxyl groups is 1. The number of hydrogen-bond acceptors (Lipinski definition) is 7. The maximum absolute atomic E-state index is 13.4. The molecule has 3 N–H and O–H groups in total. The molecule has 0 heterocycles. The summed E-state index contributed by atoms with van der Waals surface area (Å²) in [6.07, 6.45) is 0.166. The van der Waals surface area contributed by atoms with Crippen molar-refractivity contribution in [3.05, 3.63) is 81.8 Å². The first-order valence-electron chi connectivity index (χ1n) is 11.7. The maximum Gasteiger partial charge on any atom is 0.294 e. The van der Waals surface area contributed by atoms with Gasteiger partial charge in [-0.05, 0) is 49.1 Å². The standard InChI is InChI=1S/C27H23Cl2N3O6S/c1-3-16-22(39(35,36)37)13-12-20(29)23(16)31-32-24-17-9-6-5-8-15(17)14-18(26(24)33)27(34)30-25-19(28)10-7-11-21(25)38-4-2/h5-14,33H,3-4H2,1-2H3,(H,30,34)(H,35,36,37). The number of fused-ring (bicyclic) bond motifs is 1. The van der Waals surface area contributed by atoms with Crippen LogP contribution in [0.4, 0.5) is 17.1 Å². The Morgan fingerprint density at radius 1 is 0.974 bits per heavy atom. The number of nitrogens with one attached hydrogen (secondary N) is 1. The van der Waals surface area contributed by atoms with E-state index < -0.39 is 21.8 Å². The summed E-state index contributed by atoms with van der Waals surface area (Å²) in [6, 6.07) is 15.8. The molecule has 0 atom stereocenters. The Labute approximate surface area is 234 Å². The second kappa shape index (κ2) is 11.6. The van der Waals surface area contributed by atoms with E-state index in [1.807, 2.05) is 0 Å². The number of azo groups is 1. The molecule has 1 amide bonds. The van der Waals surface area contributed by atoms with E-state index in [1.165, 1.54) is 18.2 Å².